The molecule has 2 rings (SSSR count). The molecule has 1 fully saturated rings. The van der Waals surface area contributed by atoms with E-state index in [-0.39, 0.29) is 18.3 Å². The van der Waals surface area contributed by atoms with Crippen molar-refractivity contribution in [2.75, 3.05) is 13.1 Å². The molecule has 0 aromatic heterocycles. The van der Waals surface area contributed by atoms with Gasteiger partial charge in [0.15, 0.2) is 5.60 Å². The fourth-order valence-corrected chi connectivity index (χ4v) is 2.58. The van der Waals surface area contributed by atoms with E-state index in [2.05, 4.69) is 0 Å². The van der Waals surface area contributed by atoms with Crippen LogP contribution in [0, 0.1) is 11.7 Å². The zero-order valence-electron chi connectivity index (χ0n) is 12.7. The third kappa shape index (κ3) is 3.75. The first-order chi connectivity index (χ1) is 10.3. The van der Waals surface area contributed by atoms with Crippen LogP contribution in [-0.2, 0) is 9.59 Å². The molecule has 5 nitrogen and oxygen atoms in total. The molecule has 1 atom stereocenters. The second-order valence-corrected chi connectivity index (χ2v) is 5.99. The highest BCUT2D eigenvalue weighted by molar-refractivity contribution is 5.85. The topological polar surface area (TPSA) is 66.8 Å². The van der Waals surface area contributed by atoms with Gasteiger partial charge >= 0.3 is 5.97 Å². The van der Waals surface area contributed by atoms with Gasteiger partial charge in [-0.15, -0.1) is 0 Å². The number of carbonyl (C=O) groups excluding carboxylic acids is 1. The number of nitrogens with zero attached hydrogens (tertiary/aromatic N) is 1. The molecule has 1 aromatic rings. The van der Waals surface area contributed by atoms with Gasteiger partial charge < -0.3 is 14.7 Å². The number of hydrogen-bond donors (Lipinski definition) is 1. The van der Waals surface area contributed by atoms with Gasteiger partial charge in [-0.1, -0.05) is 0 Å². The average Bonchev–Trinajstić information content (AvgIpc) is 2.48. The summed E-state index contributed by atoms with van der Waals surface area (Å²) in [4.78, 5) is 25.2. The van der Waals surface area contributed by atoms with Crippen LogP contribution in [0.3, 0.4) is 0 Å². The van der Waals surface area contributed by atoms with Gasteiger partial charge in [0, 0.05) is 13.1 Å². The summed E-state index contributed by atoms with van der Waals surface area (Å²) in [7, 11) is 0. The first-order valence-electron chi connectivity index (χ1n) is 7.26. The van der Waals surface area contributed by atoms with Crippen LogP contribution in [0.25, 0.3) is 0 Å². The number of halogens is 1. The van der Waals surface area contributed by atoms with Gasteiger partial charge in [0.2, 0.25) is 0 Å². The van der Waals surface area contributed by atoms with Gasteiger partial charge in [0.1, 0.15) is 11.6 Å². The molecule has 1 aromatic carbocycles. The summed E-state index contributed by atoms with van der Waals surface area (Å²) in [5, 5.41) is 9.10. The van der Waals surface area contributed by atoms with E-state index in [9.17, 15) is 14.0 Å². The fraction of sp³-hybridized carbons (Fsp3) is 0.500. The predicted octanol–water partition coefficient (Wildman–Crippen LogP) is 2.31. The highest BCUT2D eigenvalue weighted by Crippen LogP contribution is 2.24. The van der Waals surface area contributed by atoms with Crippen molar-refractivity contribution in [1.82, 2.24) is 4.90 Å². The van der Waals surface area contributed by atoms with Crippen molar-refractivity contribution in [1.29, 1.82) is 0 Å². The van der Waals surface area contributed by atoms with E-state index in [0.717, 1.165) is 0 Å². The Morgan fingerprint density at radius 3 is 2.55 bits per heavy atom. The van der Waals surface area contributed by atoms with Crippen molar-refractivity contribution in [3.63, 3.8) is 0 Å². The zero-order valence-corrected chi connectivity index (χ0v) is 12.7. The number of likely N-dealkylation sites (tertiary alicyclic amines) is 1. The van der Waals surface area contributed by atoms with Crippen molar-refractivity contribution in [2.45, 2.75) is 32.3 Å². The summed E-state index contributed by atoms with van der Waals surface area (Å²) >= 11 is 0. The largest absolute Gasteiger partial charge is 0.481 e. The Labute approximate surface area is 128 Å². The standard InChI is InChI=1S/C16H20FNO4/c1-16(2,22-13-7-5-12(17)6-8-13)15(21)18-9-3-4-11(10-18)14(19)20/h5-8,11H,3-4,9-10H2,1-2H3,(H,19,20)/t11-/m0/s1. The number of amides is 1. The second-order valence-electron chi connectivity index (χ2n) is 5.99. The number of carboxylic acids is 1. The van der Waals surface area contributed by atoms with Gasteiger partial charge in [0.05, 0.1) is 5.92 Å². The normalized spacial score (nSPS) is 18.9. The molecule has 0 aliphatic carbocycles. The highest BCUT2D eigenvalue weighted by atomic mass is 19.1. The van der Waals surface area contributed by atoms with E-state index < -0.39 is 17.5 Å². The molecule has 1 saturated heterocycles. The van der Waals surface area contributed by atoms with Crippen molar-refractivity contribution < 1.29 is 23.8 Å². The van der Waals surface area contributed by atoms with Gasteiger partial charge in [-0.05, 0) is 51.0 Å². The Morgan fingerprint density at radius 2 is 1.95 bits per heavy atom. The molecule has 0 bridgehead atoms. The third-order valence-corrected chi connectivity index (χ3v) is 3.76. The van der Waals surface area contributed by atoms with Crippen molar-refractivity contribution in [3.8, 4) is 5.75 Å². The fourth-order valence-electron chi connectivity index (χ4n) is 2.58. The number of carbonyl (C=O) groups is 2. The number of carboxylic acid groups (broad SMARTS) is 1. The second kappa shape index (κ2) is 6.34. The minimum absolute atomic E-state index is 0.199. The van der Waals surface area contributed by atoms with Crippen LogP contribution in [0.1, 0.15) is 26.7 Å². The first-order valence-corrected chi connectivity index (χ1v) is 7.26. The summed E-state index contributed by atoms with van der Waals surface area (Å²) in [5.74, 6) is -1.65. The number of rotatable bonds is 4. The molecule has 1 amide bonds. The maximum Gasteiger partial charge on any atom is 0.308 e. The Balaban J connectivity index is 2.06. The van der Waals surface area contributed by atoms with Crippen molar-refractivity contribution in [2.24, 2.45) is 5.92 Å². The number of ether oxygens (including phenoxy) is 1. The maximum atomic E-state index is 12.9. The highest BCUT2D eigenvalue weighted by Gasteiger charge is 2.37. The lowest BCUT2D eigenvalue weighted by Crippen LogP contribution is -2.52. The maximum absolute atomic E-state index is 12.9. The summed E-state index contributed by atoms with van der Waals surface area (Å²) in [6.45, 7) is 3.98. The molecule has 1 heterocycles. The molecule has 1 aliphatic rings. The molecule has 22 heavy (non-hydrogen) atoms. The summed E-state index contributed by atoms with van der Waals surface area (Å²) in [6, 6.07) is 5.44. The van der Waals surface area contributed by atoms with Crippen molar-refractivity contribution >= 4 is 11.9 Å². The monoisotopic (exact) mass is 309 g/mol. The van der Waals surface area contributed by atoms with Crippen LogP contribution in [0.2, 0.25) is 0 Å². The summed E-state index contributed by atoms with van der Waals surface area (Å²) in [5.41, 5.74) is -1.14. The number of benzene rings is 1. The van der Waals surface area contributed by atoms with Crippen LogP contribution < -0.4 is 4.74 Å². The lowest BCUT2D eigenvalue weighted by molar-refractivity contribution is -0.151. The molecule has 0 unspecified atom stereocenters. The van der Waals surface area contributed by atoms with E-state index in [0.29, 0.717) is 25.1 Å². The van der Waals surface area contributed by atoms with Crippen LogP contribution in [0.15, 0.2) is 24.3 Å². The summed E-state index contributed by atoms with van der Waals surface area (Å²) in [6.07, 6.45) is 1.24. The number of aliphatic carboxylic acids is 1. The first kappa shape index (κ1) is 16.3. The van der Waals surface area contributed by atoms with Crippen LogP contribution >= 0.6 is 0 Å². The average molecular weight is 309 g/mol. The molecule has 6 heteroatoms. The van der Waals surface area contributed by atoms with Crippen LogP contribution in [0.4, 0.5) is 4.39 Å². The zero-order chi connectivity index (χ0) is 16.3. The SMILES string of the molecule is CC(C)(Oc1ccc(F)cc1)C(=O)N1CCC[C@H](C(=O)O)C1. The molecule has 0 spiro atoms. The van der Waals surface area contributed by atoms with E-state index in [1.54, 1.807) is 13.8 Å². The van der Waals surface area contributed by atoms with Gasteiger partial charge in [-0.3, -0.25) is 9.59 Å². The molecule has 120 valence electrons. The summed E-state index contributed by atoms with van der Waals surface area (Å²) < 4.78 is 18.6. The van der Waals surface area contributed by atoms with E-state index in [4.69, 9.17) is 9.84 Å². The predicted molar refractivity (Wildman–Crippen MR) is 78.0 cm³/mol. The molecule has 1 N–H and O–H groups in total. The minimum Gasteiger partial charge on any atom is -0.481 e. The Morgan fingerprint density at radius 1 is 1.32 bits per heavy atom. The minimum atomic E-state index is -1.14. The van der Waals surface area contributed by atoms with Gasteiger partial charge in [-0.25, -0.2) is 4.39 Å². The van der Waals surface area contributed by atoms with E-state index >= 15 is 0 Å². The molecular formula is C16H20FNO4. The molecular weight excluding hydrogens is 289 g/mol. The van der Waals surface area contributed by atoms with Crippen molar-refractivity contribution in [3.05, 3.63) is 30.1 Å². The lowest BCUT2D eigenvalue weighted by atomic mass is 9.96. The Hall–Kier alpha value is -2.11. The van der Waals surface area contributed by atoms with Gasteiger partial charge in [-0.2, -0.15) is 0 Å². The lowest BCUT2D eigenvalue weighted by Gasteiger charge is -2.36. The quantitative estimate of drug-likeness (QED) is 0.927. The molecule has 0 radical (unpaired) electrons. The third-order valence-electron chi connectivity index (χ3n) is 3.76. The van der Waals surface area contributed by atoms with Gasteiger partial charge in [0.25, 0.3) is 5.91 Å². The van der Waals surface area contributed by atoms with E-state index in [1.165, 1.54) is 29.2 Å². The number of hydrogen-bond acceptors (Lipinski definition) is 3. The number of piperidine rings is 1. The van der Waals surface area contributed by atoms with Crippen LogP contribution in [0.5, 0.6) is 5.75 Å². The molecule has 0 saturated carbocycles. The Kier molecular flexibility index (Phi) is 4.68. The Bertz CT molecular complexity index is 556. The smallest absolute Gasteiger partial charge is 0.308 e. The van der Waals surface area contributed by atoms with Crippen LogP contribution in [-0.4, -0.2) is 40.6 Å². The van der Waals surface area contributed by atoms with E-state index in [1.807, 2.05) is 0 Å². The molecule has 1 aliphatic heterocycles.